The third-order valence-electron chi connectivity index (χ3n) is 3.54. The van der Waals surface area contributed by atoms with E-state index in [9.17, 15) is 0 Å². The molecule has 1 aliphatic heterocycles. The number of halogens is 1. The highest BCUT2D eigenvalue weighted by atomic mass is 79.9. The number of ether oxygens (including phenoxy) is 1. The van der Waals surface area contributed by atoms with Gasteiger partial charge in [-0.2, -0.15) is 0 Å². The molecule has 1 aliphatic rings. The molecule has 0 amide bonds. The van der Waals surface area contributed by atoms with E-state index in [1.54, 1.807) is 0 Å². The molecular formula is C16H17BrN2O. The Labute approximate surface area is 127 Å². The van der Waals surface area contributed by atoms with Crippen LogP contribution in [0.4, 0.5) is 0 Å². The Balaban J connectivity index is 1.91. The largest absolute Gasteiger partial charge is 0.484 e. The molecule has 0 radical (unpaired) electrons. The molecule has 3 nitrogen and oxygen atoms in total. The zero-order chi connectivity index (χ0) is 13.9. The molecular weight excluding hydrogens is 316 g/mol. The molecule has 0 saturated heterocycles. The number of rotatable bonds is 3. The van der Waals surface area contributed by atoms with Crippen LogP contribution in [-0.4, -0.2) is 11.5 Å². The minimum absolute atomic E-state index is 0.00190. The SMILES string of the molecule is CCNC1CC(c2ccc(Br)cn2)Oc2ccccc21. The van der Waals surface area contributed by atoms with Gasteiger partial charge in [-0.1, -0.05) is 25.1 Å². The van der Waals surface area contributed by atoms with E-state index >= 15 is 0 Å². The van der Waals surface area contributed by atoms with Crippen molar-refractivity contribution in [2.45, 2.75) is 25.5 Å². The minimum atomic E-state index is 0.00190. The van der Waals surface area contributed by atoms with Gasteiger partial charge in [-0.25, -0.2) is 0 Å². The highest BCUT2D eigenvalue weighted by Gasteiger charge is 2.29. The summed E-state index contributed by atoms with van der Waals surface area (Å²) in [5, 5.41) is 3.53. The Bertz CT molecular complexity index is 585. The standard InChI is InChI=1S/C16H17BrN2O/c1-2-18-14-9-16(13-8-7-11(17)10-19-13)20-15-6-4-3-5-12(14)15/h3-8,10,14,16,18H,2,9H2,1H3. The molecule has 0 saturated carbocycles. The summed E-state index contributed by atoms with van der Waals surface area (Å²) in [6, 6.07) is 12.6. The molecule has 2 unspecified atom stereocenters. The molecule has 2 aromatic rings. The first kappa shape index (κ1) is 13.6. The van der Waals surface area contributed by atoms with Gasteiger partial charge in [0, 0.05) is 28.7 Å². The summed E-state index contributed by atoms with van der Waals surface area (Å²) in [6.45, 7) is 3.07. The Morgan fingerprint density at radius 2 is 2.15 bits per heavy atom. The number of pyridine rings is 1. The Morgan fingerprint density at radius 1 is 1.30 bits per heavy atom. The topological polar surface area (TPSA) is 34.2 Å². The fourth-order valence-electron chi connectivity index (χ4n) is 2.62. The summed E-state index contributed by atoms with van der Waals surface area (Å²) in [5.41, 5.74) is 2.22. The third kappa shape index (κ3) is 2.72. The van der Waals surface area contributed by atoms with Gasteiger partial charge in [-0.15, -0.1) is 0 Å². The van der Waals surface area contributed by atoms with Crippen LogP contribution in [0.5, 0.6) is 5.75 Å². The molecule has 0 bridgehead atoms. The maximum absolute atomic E-state index is 6.12. The van der Waals surface area contributed by atoms with Gasteiger partial charge in [0.05, 0.1) is 5.69 Å². The first-order valence-electron chi connectivity index (χ1n) is 6.88. The summed E-state index contributed by atoms with van der Waals surface area (Å²) in [6.07, 6.45) is 2.73. The van der Waals surface area contributed by atoms with Gasteiger partial charge in [0.1, 0.15) is 11.9 Å². The normalized spacial score (nSPS) is 21.1. The van der Waals surface area contributed by atoms with Crippen molar-refractivity contribution in [3.8, 4) is 5.75 Å². The van der Waals surface area contributed by atoms with Gasteiger partial charge < -0.3 is 10.1 Å². The molecule has 2 atom stereocenters. The average molecular weight is 333 g/mol. The second-order valence-electron chi connectivity index (χ2n) is 4.89. The number of nitrogens with zero attached hydrogens (tertiary/aromatic N) is 1. The highest BCUT2D eigenvalue weighted by molar-refractivity contribution is 9.10. The molecule has 2 heterocycles. The first-order valence-corrected chi connectivity index (χ1v) is 7.67. The molecule has 1 aromatic carbocycles. The van der Waals surface area contributed by atoms with Crippen molar-refractivity contribution in [3.63, 3.8) is 0 Å². The number of aromatic nitrogens is 1. The smallest absolute Gasteiger partial charge is 0.142 e. The maximum atomic E-state index is 6.12. The molecule has 20 heavy (non-hydrogen) atoms. The van der Waals surface area contributed by atoms with Crippen LogP contribution < -0.4 is 10.1 Å². The number of fused-ring (bicyclic) bond motifs is 1. The Morgan fingerprint density at radius 3 is 2.90 bits per heavy atom. The van der Waals surface area contributed by atoms with Crippen LogP contribution in [0.3, 0.4) is 0 Å². The average Bonchev–Trinajstić information content (AvgIpc) is 2.48. The maximum Gasteiger partial charge on any atom is 0.142 e. The fraction of sp³-hybridized carbons (Fsp3) is 0.312. The lowest BCUT2D eigenvalue weighted by atomic mass is 9.95. The number of nitrogens with one attached hydrogen (secondary N) is 1. The quantitative estimate of drug-likeness (QED) is 0.921. The number of hydrogen-bond acceptors (Lipinski definition) is 3. The van der Waals surface area contributed by atoms with Gasteiger partial charge in [-0.3, -0.25) is 4.98 Å². The van der Waals surface area contributed by atoms with E-state index in [0.29, 0.717) is 6.04 Å². The van der Waals surface area contributed by atoms with E-state index < -0.39 is 0 Å². The fourth-order valence-corrected chi connectivity index (χ4v) is 2.85. The van der Waals surface area contributed by atoms with E-state index in [4.69, 9.17) is 4.74 Å². The lowest BCUT2D eigenvalue weighted by Crippen LogP contribution is -2.29. The van der Waals surface area contributed by atoms with Crippen molar-refractivity contribution >= 4 is 15.9 Å². The second kappa shape index (κ2) is 5.94. The molecule has 0 fully saturated rings. The second-order valence-corrected chi connectivity index (χ2v) is 5.81. The highest BCUT2D eigenvalue weighted by Crippen LogP contribution is 2.40. The molecule has 3 rings (SSSR count). The summed E-state index contributed by atoms with van der Waals surface area (Å²) in [5.74, 6) is 0.958. The van der Waals surface area contributed by atoms with E-state index in [1.807, 2.05) is 30.5 Å². The van der Waals surface area contributed by atoms with E-state index in [-0.39, 0.29) is 6.10 Å². The van der Waals surface area contributed by atoms with E-state index in [0.717, 1.165) is 28.9 Å². The molecule has 1 N–H and O–H groups in total. The Hall–Kier alpha value is -1.39. The predicted octanol–water partition coefficient (Wildman–Crippen LogP) is 4.02. The van der Waals surface area contributed by atoms with Crippen LogP contribution in [0, 0.1) is 0 Å². The van der Waals surface area contributed by atoms with Crippen LogP contribution in [0.15, 0.2) is 47.1 Å². The lowest BCUT2D eigenvalue weighted by molar-refractivity contribution is 0.148. The molecule has 1 aromatic heterocycles. The molecule has 104 valence electrons. The van der Waals surface area contributed by atoms with Gasteiger partial charge in [0.15, 0.2) is 0 Å². The van der Waals surface area contributed by atoms with Crippen molar-refractivity contribution < 1.29 is 4.74 Å². The zero-order valence-corrected chi connectivity index (χ0v) is 12.9. The number of benzene rings is 1. The molecule has 0 spiro atoms. The molecule has 0 aliphatic carbocycles. The first-order chi connectivity index (χ1) is 9.78. The van der Waals surface area contributed by atoms with Crippen LogP contribution in [-0.2, 0) is 0 Å². The van der Waals surface area contributed by atoms with E-state index in [2.05, 4.69) is 45.3 Å². The Kier molecular flexibility index (Phi) is 4.03. The van der Waals surface area contributed by atoms with Crippen LogP contribution in [0.2, 0.25) is 0 Å². The molecule has 4 heteroatoms. The van der Waals surface area contributed by atoms with Crippen LogP contribution in [0.25, 0.3) is 0 Å². The van der Waals surface area contributed by atoms with Crippen molar-refractivity contribution in [1.29, 1.82) is 0 Å². The summed E-state index contributed by atoms with van der Waals surface area (Å²) < 4.78 is 7.10. The summed E-state index contributed by atoms with van der Waals surface area (Å²) in [7, 11) is 0. The zero-order valence-electron chi connectivity index (χ0n) is 11.3. The van der Waals surface area contributed by atoms with Gasteiger partial charge in [-0.05, 0) is 40.7 Å². The van der Waals surface area contributed by atoms with E-state index in [1.165, 1.54) is 5.56 Å². The van der Waals surface area contributed by atoms with Crippen LogP contribution in [0.1, 0.15) is 36.7 Å². The van der Waals surface area contributed by atoms with Crippen LogP contribution >= 0.6 is 15.9 Å². The lowest BCUT2D eigenvalue weighted by Gasteiger charge is -2.32. The summed E-state index contributed by atoms with van der Waals surface area (Å²) >= 11 is 3.42. The monoisotopic (exact) mass is 332 g/mol. The third-order valence-corrected chi connectivity index (χ3v) is 4.01. The van der Waals surface area contributed by atoms with Crippen molar-refractivity contribution in [2.75, 3.05) is 6.54 Å². The van der Waals surface area contributed by atoms with Crippen molar-refractivity contribution in [3.05, 3.63) is 58.3 Å². The van der Waals surface area contributed by atoms with Gasteiger partial charge >= 0.3 is 0 Å². The minimum Gasteiger partial charge on any atom is -0.484 e. The van der Waals surface area contributed by atoms with Crippen molar-refractivity contribution in [1.82, 2.24) is 10.3 Å². The van der Waals surface area contributed by atoms with Gasteiger partial charge in [0.25, 0.3) is 0 Å². The summed E-state index contributed by atoms with van der Waals surface area (Å²) in [4.78, 5) is 4.47. The number of para-hydroxylation sites is 1. The van der Waals surface area contributed by atoms with Gasteiger partial charge in [0.2, 0.25) is 0 Å². The number of hydrogen-bond donors (Lipinski definition) is 1. The predicted molar refractivity (Wildman–Crippen MR) is 82.8 cm³/mol. The van der Waals surface area contributed by atoms with Crippen molar-refractivity contribution in [2.24, 2.45) is 0 Å².